The first-order valence-corrected chi connectivity index (χ1v) is 4.58. The van der Waals surface area contributed by atoms with Crippen molar-refractivity contribution in [3.63, 3.8) is 0 Å². The molecule has 0 fully saturated rings. The molecule has 0 saturated heterocycles. The number of aromatic nitrogens is 4. The first-order chi connectivity index (χ1) is 7.70. The van der Waals surface area contributed by atoms with E-state index in [0.29, 0.717) is 11.6 Å². The van der Waals surface area contributed by atoms with E-state index in [0.717, 1.165) is 0 Å². The van der Waals surface area contributed by atoms with Crippen LogP contribution in [0.25, 0.3) is 5.82 Å². The van der Waals surface area contributed by atoms with Gasteiger partial charge in [-0.3, -0.25) is 4.79 Å². The van der Waals surface area contributed by atoms with Gasteiger partial charge in [-0.1, -0.05) is 0 Å². The van der Waals surface area contributed by atoms with E-state index < -0.39 is 0 Å². The van der Waals surface area contributed by atoms with Crippen LogP contribution in [-0.4, -0.2) is 32.9 Å². The highest BCUT2D eigenvalue weighted by Gasteiger charge is 2.06. The third-order valence-corrected chi connectivity index (χ3v) is 1.95. The molecule has 0 aromatic carbocycles. The van der Waals surface area contributed by atoms with Crippen LogP contribution in [0.2, 0.25) is 0 Å². The lowest BCUT2D eigenvalue weighted by atomic mass is 10.3. The van der Waals surface area contributed by atoms with Crippen LogP contribution in [0.4, 0.5) is 5.82 Å². The van der Waals surface area contributed by atoms with Gasteiger partial charge in [0.1, 0.15) is 5.82 Å². The van der Waals surface area contributed by atoms with Gasteiger partial charge < -0.3 is 11.1 Å². The predicted octanol–water partition coefficient (Wildman–Crippen LogP) is -0.396. The molecular formula is C9H10N6O. The summed E-state index contributed by atoms with van der Waals surface area (Å²) in [5.41, 5.74) is 5.73. The van der Waals surface area contributed by atoms with Gasteiger partial charge >= 0.3 is 0 Å². The number of carbonyl (C=O) groups excluding carboxylic acids is 1. The lowest BCUT2D eigenvalue weighted by Gasteiger charge is -2.00. The highest BCUT2D eigenvalue weighted by atomic mass is 16.1. The molecule has 7 nitrogen and oxygen atoms in total. The van der Waals surface area contributed by atoms with Crippen molar-refractivity contribution in [3.8, 4) is 5.82 Å². The normalized spacial score (nSPS) is 10.1. The minimum Gasteiger partial charge on any atom is -0.382 e. The average molecular weight is 218 g/mol. The maximum atomic E-state index is 11.2. The van der Waals surface area contributed by atoms with Gasteiger partial charge in [0.2, 0.25) is 0 Å². The number of amides is 1. The SMILES string of the molecule is CNC(=O)c1ccc(-n2ccc(N)n2)nn1. The van der Waals surface area contributed by atoms with Gasteiger partial charge in [0.25, 0.3) is 5.91 Å². The van der Waals surface area contributed by atoms with Crippen LogP contribution in [0, 0.1) is 0 Å². The number of nitrogens with two attached hydrogens (primary N) is 1. The zero-order valence-electron chi connectivity index (χ0n) is 8.58. The number of nitrogen functional groups attached to an aromatic ring is 1. The average Bonchev–Trinajstić information content (AvgIpc) is 2.75. The van der Waals surface area contributed by atoms with E-state index >= 15 is 0 Å². The summed E-state index contributed by atoms with van der Waals surface area (Å²) in [4.78, 5) is 11.2. The van der Waals surface area contributed by atoms with E-state index in [2.05, 4.69) is 20.6 Å². The summed E-state index contributed by atoms with van der Waals surface area (Å²) in [6.07, 6.45) is 1.67. The summed E-state index contributed by atoms with van der Waals surface area (Å²) in [6.45, 7) is 0. The Morgan fingerprint density at radius 2 is 2.19 bits per heavy atom. The van der Waals surface area contributed by atoms with Crippen molar-refractivity contribution in [2.75, 3.05) is 12.8 Å². The molecule has 2 aromatic rings. The minimum atomic E-state index is -0.279. The number of nitrogens with zero attached hydrogens (tertiary/aromatic N) is 4. The van der Waals surface area contributed by atoms with Crippen LogP contribution in [0.1, 0.15) is 10.5 Å². The molecule has 82 valence electrons. The van der Waals surface area contributed by atoms with E-state index in [1.807, 2.05) is 0 Å². The Morgan fingerprint density at radius 1 is 1.38 bits per heavy atom. The van der Waals surface area contributed by atoms with Gasteiger partial charge in [-0.15, -0.1) is 15.3 Å². The molecule has 0 atom stereocenters. The predicted molar refractivity (Wildman–Crippen MR) is 57.0 cm³/mol. The second-order valence-corrected chi connectivity index (χ2v) is 3.04. The van der Waals surface area contributed by atoms with Crippen molar-refractivity contribution in [2.24, 2.45) is 0 Å². The summed E-state index contributed by atoms with van der Waals surface area (Å²) in [6, 6.07) is 4.86. The third kappa shape index (κ3) is 1.83. The van der Waals surface area contributed by atoms with E-state index in [1.54, 1.807) is 24.4 Å². The van der Waals surface area contributed by atoms with Crippen LogP contribution in [0.5, 0.6) is 0 Å². The zero-order chi connectivity index (χ0) is 11.5. The molecule has 0 aliphatic heterocycles. The van der Waals surface area contributed by atoms with E-state index in [4.69, 9.17) is 5.73 Å². The number of nitrogens with one attached hydrogen (secondary N) is 1. The summed E-state index contributed by atoms with van der Waals surface area (Å²) in [5.74, 6) is 0.626. The fraction of sp³-hybridized carbons (Fsp3) is 0.111. The van der Waals surface area contributed by atoms with Gasteiger partial charge in [0.05, 0.1) is 0 Å². The molecule has 0 radical (unpaired) electrons. The van der Waals surface area contributed by atoms with Gasteiger partial charge in [0.15, 0.2) is 11.5 Å². The molecule has 16 heavy (non-hydrogen) atoms. The summed E-state index contributed by atoms with van der Waals surface area (Å²) in [5, 5.41) is 14.1. The Labute approximate surface area is 91.3 Å². The minimum absolute atomic E-state index is 0.256. The van der Waals surface area contributed by atoms with Crippen molar-refractivity contribution >= 4 is 11.7 Å². The highest BCUT2D eigenvalue weighted by Crippen LogP contribution is 2.04. The number of hydrogen-bond acceptors (Lipinski definition) is 5. The van der Waals surface area contributed by atoms with Gasteiger partial charge in [-0.05, 0) is 12.1 Å². The fourth-order valence-electron chi connectivity index (χ4n) is 1.16. The van der Waals surface area contributed by atoms with Gasteiger partial charge in [0, 0.05) is 19.3 Å². The topological polar surface area (TPSA) is 98.7 Å². The van der Waals surface area contributed by atoms with Crippen molar-refractivity contribution in [2.45, 2.75) is 0 Å². The Kier molecular flexibility index (Phi) is 2.50. The maximum Gasteiger partial charge on any atom is 0.271 e. The largest absolute Gasteiger partial charge is 0.382 e. The fourth-order valence-corrected chi connectivity index (χ4v) is 1.16. The van der Waals surface area contributed by atoms with Crippen LogP contribution >= 0.6 is 0 Å². The standard InChI is InChI=1S/C9H10N6O/c1-11-9(16)6-2-3-8(13-12-6)15-5-4-7(10)14-15/h2-5H,1H3,(H2,10,14)(H,11,16). The lowest BCUT2D eigenvalue weighted by molar-refractivity contribution is 0.0957. The van der Waals surface area contributed by atoms with Crippen molar-refractivity contribution in [3.05, 3.63) is 30.1 Å². The smallest absolute Gasteiger partial charge is 0.271 e. The number of anilines is 1. The number of carbonyl (C=O) groups is 1. The molecule has 0 aliphatic rings. The summed E-state index contributed by atoms with van der Waals surface area (Å²) >= 11 is 0. The number of rotatable bonds is 2. The first kappa shape index (κ1) is 10.1. The van der Waals surface area contributed by atoms with Gasteiger partial charge in [-0.25, -0.2) is 4.68 Å². The molecular weight excluding hydrogens is 208 g/mol. The molecule has 0 aliphatic carbocycles. The number of hydrogen-bond donors (Lipinski definition) is 2. The van der Waals surface area contributed by atoms with Gasteiger partial charge in [-0.2, -0.15) is 0 Å². The van der Waals surface area contributed by atoms with Crippen molar-refractivity contribution < 1.29 is 4.79 Å². The molecule has 0 bridgehead atoms. The lowest BCUT2D eigenvalue weighted by Crippen LogP contribution is -2.19. The van der Waals surface area contributed by atoms with E-state index in [1.165, 1.54) is 11.7 Å². The highest BCUT2D eigenvalue weighted by molar-refractivity contribution is 5.91. The molecule has 3 N–H and O–H groups in total. The molecule has 0 spiro atoms. The second kappa shape index (κ2) is 3.97. The quantitative estimate of drug-likeness (QED) is 0.714. The summed E-state index contributed by atoms with van der Waals surface area (Å²) < 4.78 is 1.48. The Bertz CT molecular complexity index is 503. The Morgan fingerprint density at radius 3 is 2.69 bits per heavy atom. The molecule has 0 saturated carbocycles. The Balaban J connectivity index is 2.29. The molecule has 1 amide bonds. The first-order valence-electron chi connectivity index (χ1n) is 4.58. The monoisotopic (exact) mass is 218 g/mol. The van der Waals surface area contributed by atoms with E-state index in [-0.39, 0.29) is 11.6 Å². The molecule has 2 aromatic heterocycles. The second-order valence-electron chi connectivity index (χ2n) is 3.04. The molecule has 0 unspecified atom stereocenters. The van der Waals surface area contributed by atoms with Crippen molar-refractivity contribution in [1.82, 2.24) is 25.3 Å². The molecule has 2 heterocycles. The molecule has 2 rings (SSSR count). The third-order valence-electron chi connectivity index (χ3n) is 1.95. The molecule has 7 heteroatoms. The van der Waals surface area contributed by atoms with Crippen LogP contribution in [-0.2, 0) is 0 Å². The van der Waals surface area contributed by atoms with E-state index in [9.17, 15) is 4.79 Å². The van der Waals surface area contributed by atoms with Crippen LogP contribution in [0.3, 0.4) is 0 Å². The zero-order valence-corrected chi connectivity index (χ0v) is 8.58. The van der Waals surface area contributed by atoms with Crippen molar-refractivity contribution in [1.29, 1.82) is 0 Å². The maximum absolute atomic E-state index is 11.2. The van der Waals surface area contributed by atoms with Crippen LogP contribution in [0.15, 0.2) is 24.4 Å². The Hall–Kier alpha value is -2.44. The summed E-state index contributed by atoms with van der Waals surface area (Å²) in [7, 11) is 1.53. The van der Waals surface area contributed by atoms with Crippen LogP contribution < -0.4 is 11.1 Å².